The number of benzene rings is 3. The summed E-state index contributed by atoms with van der Waals surface area (Å²) >= 11 is 0. The van der Waals surface area contributed by atoms with Crippen LogP contribution in [0.5, 0.6) is 23.0 Å². The normalized spacial score (nSPS) is 19.1. The monoisotopic (exact) mass is 571 g/mol. The van der Waals surface area contributed by atoms with Gasteiger partial charge >= 0.3 is 0 Å². The summed E-state index contributed by atoms with van der Waals surface area (Å²) in [6.45, 7) is 9.41. The van der Waals surface area contributed by atoms with Crippen LogP contribution < -0.4 is 19.5 Å². The number of ketones is 3. The van der Waals surface area contributed by atoms with Gasteiger partial charge in [0.1, 0.15) is 45.7 Å². The number of ether oxygens (including phenoxy) is 3. The molecule has 0 saturated heterocycles. The standard InChI is InChI=1S/C33H33NO8/c1-7-12-41-29-17(3)16(2)21(19-10-8-9-11-20(19)29)15-34-32(39)27-24(40-6)13-23(37)28-30(27)42-25-14-22(36)26(18(4)35)31(38)33(25,28)5/h8-11,13-14,26,37H,7,12,15H2,1-6H3,(H,34,39)/t26?,33-/m1/s1. The van der Waals surface area contributed by atoms with Gasteiger partial charge in [-0.05, 0) is 56.2 Å². The Morgan fingerprint density at radius 1 is 1.12 bits per heavy atom. The zero-order valence-corrected chi connectivity index (χ0v) is 24.5. The first-order valence-electron chi connectivity index (χ1n) is 13.8. The molecule has 1 aliphatic carbocycles. The molecule has 0 aromatic heterocycles. The minimum absolute atomic E-state index is 0.0124. The first-order chi connectivity index (χ1) is 20.0. The van der Waals surface area contributed by atoms with Crippen LogP contribution >= 0.6 is 0 Å². The van der Waals surface area contributed by atoms with Gasteiger partial charge in [-0.15, -0.1) is 0 Å². The number of amides is 1. The summed E-state index contributed by atoms with van der Waals surface area (Å²) in [5.41, 5.74) is 1.20. The molecular weight excluding hydrogens is 538 g/mol. The van der Waals surface area contributed by atoms with E-state index < -0.39 is 34.6 Å². The van der Waals surface area contributed by atoms with Gasteiger partial charge in [0.05, 0.1) is 19.3 Å². The molecule has 2 atom stereocenters. The SMILES string of the molecule is CCCOc1c(C)c(C)c(CNC(=O)c2c(OC)cc(O)c3c2OC2=CC(=O)C(C(C)=O)C(=O)[C@]23C)c2ccccc12. The number of methoxy groups -OCH3 is 1. The van der Waals surface area contributed by atoms with Crippen molar-refractivity contribution in [2.75, 3.05) is 13.7 Å². The number of aromatic hydroxyl groups is 1. The molecule has 3 aromatic carbocycles. The Labute approximate surface area is 243 Å². The van der Waals surface area contributed by atoms with Gasteiger partial charge in [-0.2, -0.15) is 0 Å². The van der Waals surface area contributed by atoms with Crippen LogP contribution in [-0.2, 0) is 26.3 Å². The topological polar surface area (TPSA) is 128 Å². The van der Waals surface area contributed by atoms with E-state index in [4.69, 9.17) is 14.2 Å². The van der Waals surface area contributed by atoms with Crippen LogP contribution in [0.15, 0.2) is 42.2 Å². The van der Waals surface area contributed by atoms with Crippen molar-refractivity contribution < 1.29 is 38.5 Å². The van der Waals surface area contributed by atoms with E-state index >= 15 is 0 Å². The molecule has 218 valence electrons. The zero-order chi connectivity index (χ0) is 30.5. The van der Waals surface area contributed by atoms with Crippen molar-refractivity contribution in [1.29, 1.82) is 0 Å². The molecule has 5 rings (SSSR count). The Balaban J connectivity index is 1.57. The predicted octanol–water partition coefficient (Wildman–Crippen LogP) is 4.78. The third-order valence-corrected chi connectivity index (χ3v) is 8.32. The fourth-order valence-corrected chi connectivity index (χ4v) is 5.97. The van der Waals surface area contributed by atoms with E-state index in [0.29, 0.717) is 6.61 Å². The van der Waals surface area contributed by atoms with Gasteiger partial charge in [0, 0.05) is 24.1 Å². The van der Waals surface area contributed by atoms with Crippen molar-refractivity contribution in [2.45, 2.75) is 53.0 Å². The lowest BCUT2D eigenvalue weighted by Gasteiger charge is -2.30. The maximum Gasteiger partial charge on any atom is 0.259 e. The number of allylic oxidation sites excluding steroid dienone is 2. The molecule has 3 aromatic rings. The highest BCUT2D eigenvalue weighted by Gasteiger charge is 2.58. The summed E-state index contributed by atoms with van der Waals surface area (Å²) in [4.78, 5) is 52.2. The Morgan fingerprint density at radius 3 is 2.45 bits per heavy atom. The van der Waals surface area contributed by atoms with Gasteiger partial charge in [-0.25, -0.2) is 0 Å². The number of phenols is 1. The fraction of sp³-hybridized carbons (Fsp3) is 0.333. The molecule has 2 aliphatic rings. The summed E-state index contributed by atoms with van der Waals surface area (Å²) < 4.78 is 17.5. The van der Waals surface area contributed by atoms with Crippen molar-refractivity contribution in [2.24, 2.45) is 5.92 Å². The van der Waals surface area contributed by atoms with E-state index in [2.05, 4.69) is 5.32 Å². The van der Waals surface area contributed by atoms with Gasteiger partial charge in [-0.1, -0.05) is 31.2 Å². The number of fused-ring (bicyclic) bond motifs is 4. The van der Waals surface area contributed by atoms with Gasteiger partial charge in [0.2, 0.25) is 0 Å². The smallest absolute Gasteiger partial charge is 0.259 e. The molecule has 0 saturated carbocycles. The number of nitrogens with one attached hydrogen (secondary N) is 1. The summed E-state index contributed by atoms with van der Waals surface area (Å²) in [5, 5.41) is 15.8. The lowest BCUT2D eigenvalue weighted by molar-refractivity contribution is -0.140. The third kappa shape index (κ3) is 4.22. The Bertz CT molecular complexity index is 1720. The van der Waals surface area contributed by atoms with Gasteiger partial charge < -0.3 is 24.6 Å². The summed E-state index contributed by atoms with van der Waals surface area (Å²) in [6, 6.07) is 9.08. The van der Waals surface area contributed by atoms with Crippen LogP contribution in [0.4, 0.5) is 0 Å². The van der Waals surface area contributed by atoms with E-state index in [-0.39, 0.29) is 40.7 Å². The Morgan fingerprint density at radius 2 is 1.81 bits per heavy atom. The van der Waals surface area contributed by atoms with Crippen LogP contribution in [0.25, 0.3) is 10.8 Å². The van der Waals surface area contributed by atoms with Crippen molar-refractivity contribution in [3.05, 3.63) is 70.0 Å². The Hall–Kier alpha value is -4.66. The average Bonchev–Trinajstić information content (AvgIpc) is 3.26. The minimum Gasteiger partial charge on any atom is -0.507 e. The molecule has 9 nitrogen and oxygen atoms in total. The molecule has 0 radical (unpaired) electrons. The molecule has 1 heterocycles. The molecule has 42 heavy (non-hydrogen) atoms. The van der Waals surface area contributed by atoms with Crippen LogP contribution in [0.1, 0.15) is 59.8 Å². The number of phenolic OH excluding ortho intramolecular Hbond substituents is 1. The number of carbonyl (C=O) groups excluding carboxylic acids is 4. The first kappa shape index (κ1) is 28.9. The third-order valence-electron chi connectivity index (χ3n) is 8.32. The minimum atomic E-state index is -1.64. The highest BCUT2D eigenvalue weighted by atomic mass is 16.5. The van der Waals surface area contributed by atoms with Crippen LogP contribution in [0, 0.1) is 19.8 Å². The van der Waals surface area contributed by atoms with E-state index in [1.54, 1.807) is 0 Å². The maximum absolute atomic E-state index is 13.8. The molecule has 0 fully saturated rings. The molecule has 1 unspecified atom stereocenters. The summed E-state index contributed by atoms with van der Waals surface area (Å²) in [7, 11) is 1.34. The lowest BCUT2D eigenvalue weighted by atomic mass is 9.67. The second-order valence-electron chi connectivity index (χ2n) is 10.9. The molecule has 0 spiro atoms. The molecule has 0 bridgehead atoms. The van der Waals surface area contributed by atoms with Crippen molar-refractivity contribution >= 4 is 34.0 Å². The van der Waals surface area contributed by atoms with Crippen LogP contribution in [0.3, 0.4) is 0 Å². The number of rotatable bonds is 8. The quantitative estimate of drug-likeness (QED) is 0.370. The molecule has 9 heteroatoms. The molecular formula is C33H33NO8. The Kier molecular flexibility index (Phi) is 7.30. The van der Waals surface area contributed by atoms with Gasteiger partial charge in [0.25, 0.3) is 5.91 Å². The second kappa shape index (κ2) is 10.6. The fourth-order valence-electron chi connectivity index (χ4n) is 5.97. The summed E-state index contributed by atoms with van der Waals surface area (Å²) in [5.74, 6) is -3.77. The van der Waals surface area contributed by atoms with Crippen molar-refractivity contribution in [1.82, 2.24) is 5.32 Å². The van der Waals surface area contributed by atoms with Gasteiger partial charge in [0.15, 0.2) is 17.3 Å². The van der Waals surface area contributed by atoms with Gasteiger partial charge in [-0.3, -0.25) is 19.2 Å². The highest BCUT2D eigenvalue weighted by Crippen LogP contribution is 2.56. The van der Waals surface area contributed by atoms with E-state index in [1.165, 1.54) is 27.0 Å². The zero-order valence-electron chi connectivity index (χ0n) is 24.5. The van der Waals surface area contributed by atoms with Crippen LogP contribution in [0.2, 0.25) is 0 Å². The first-order valence-corrected chi connectivity index (χ1v) is 13.8. The number of Topliss-reactive ketones (excluding diaryl/α,β-unsaturated/α-hetero) is 2. The number of hydrogen-bond donors (Lipinski definition) is 2. The lowest BCUT2D eigenvalue weighted by Crippen LogP contribution is -2.47. The maximum atomic E-state index is 13.8. The van der Waals surface area contributed by atoms with Crippen molar-refractivity contribution in [3.63, 3.8) is 0 Å². The average molecular weight is 572 g/mol. The van der Waals surface area contributed by atoms with Crippen LogP contribution in [-0.4, -0.2) is 42.1 Å². The van der Waals surface area contributed by atoms with Crippen molar-refractivity contribution in [3.8, 4) is 23.0 Å². The largest absolute Gasteiger partial charge is 0.507 e. The molecule has 2 N–H and O–H groups in total. The molecule has 1 amide bonds. The summed E-state index contributed by atoms with van der Waals surface area (Å²) in [6.07, 6.45) is 1.97. The highest BCUT2D eigenvalue weighted by molar-refractivity contribution is 6.27. The second-order valence-corrected chi connectivity index (χ2v) is 10.9. The van der Waals surface area contributed by atoms with E-state index in [0.717, 1.165) is 45.7 Å². The number of hydrogen-bond acceptors (Lipinski definition) is 8. The van der Waals surface area contributed by atoms with E-state index in [9.17, 15) is 24.3 Å². The van der Waals surface area contributed by atoms with E-state index in [1.807, 2.05) is 45.0 Å². The molecule has 1 aliphatic heterocycles. The predicted molar refractivity (Wildman–Crippen MR) is 155 cm³/mol. The number of carbonyl (C=O) groups is 4.